The van der Waals surface area contributed by atoms with Crippen molar-refractivity contribution in [2.45, 2.75) is 58.7 Å². The van der Waals surface area contributed by atoms with Gasteiger partial charge in [-0.25, -0.2) is 4.79 Å². The number of aliphatic hydroxyl groups is 3. The number of rotatable bonds is 6. The molecule has 2 aliphatic carbocycles. The molecule has 1 saturated carbocycles. The zero-order chi connectivity index (χ0) is 21.0. The van der Waals surface area contributed by atoms with Gasteiger partial charge in [0.2, 0.25) is 0 Å². The molecule has 0 aromatic rings. The molecule has 0 radical (unpaired) electrons. The largest absolute Gasteiger partial charge is 0.455 e. The summed E-state index contributed by atoms with van der Waals surface area (Å²) < 4.78 is 5.78. The fraction of sp³-hybridized carbons (Fsp3) is 0.609. The number of hydrogen-bond acceptors (Lipinski definition) is 5. The van der Waals surface area contributed by atoms with Crippen LogP contribution in [0.4, 0.5) is 0 Å². The standard InChI is InChI=1S/C23H34O5/c1-5-6-7-8-9-11-19(26)28-18-14-17(15-24)23(27,16-25)22(4)13-10-12-21(2,3)20(18)22/h5-9,11,14,18,20,24-25,27H,10,12-13,15-16H2,1-4H3/b6-5+,8-7+,11-9+. The van der Waals surface area contributed by atoms with Gasteiger partial charge in [-0.2, -0.15) is 0 Å². The summed E-state index contributed by atoms with van der Waals surface area (Å²) in [4.78, 5) is 12.4. The molecule has 1 fully saturated rings. The van der Waals surface area contributed by atoms with Gasteiger partial charge in [0.05, 0.1) is 13.2 Å². The summed E-state index contributed by atoms with van der Waals surface area (Å²) in [6.45, 7) is 7.21. The van der Waals surface area contributed by atoms with Crippen LogP contribution in [0, 0.1) is 16.7 Å². The molecule has 0 amide bonds. The van der Waals surface area contributed by atoms with E-state index in [0.29, 0.717) is 12.0 Å². The van der Waals surface area contributed by atoms with Crippen LogP contribution in [0.5, 0.6) is 0 Å². The van der Waals surface area contributed by atoms with Crippen molar-refractivity contribution in [3.05, 3.63) is 48.1 Å². The van der Waals surface area contributed by atoms with E-state index in [0.717, 1.165) is 12.8 Å². The first kappa shape index (κ1) is 22.6. The first-order valence-corrected chi connectivity index (χ1v) is 9.98. The molecule has 0 aromatic carbocycles. The van der Waals surface area contributed by atoms with Crippen LogP contribution in [-0.4, -0.2) is 46.2 Å². The molecular weight excluding hydrogens is 356 g/mol. The molecule has 0 aromatic heterocycles. The Morgan fingerprint density at radius 1 is 1.18 bits per heavy atom. The zero-order valence-electron chi connectivity index (χ0n) is 17.4. The second-order valence-corrected chi connectivity index (χ2v) is 8.78. The highest BCUT2D eigenvalue weighted by atomic mass is 16.5. The van der Waals surface area contributed by atoms with Gasteiger partial charge in [-0.15, -0.1) is 0 Å². The lowest BCUT2D eigenvalue weighted by Crippen LogP contribution is -2.65. The summed E-state index contributed by atoms with van der Waals surface area (Å²) in [5.74, 6) is -0.654. The lowest BCUT2D eigenvalue weighted by molar-refractivity contribution is -0.198. The number of carbonyl (C=O) groups is 1. The van der Waals surface area contributed by atoms with Crippen LogP contribution in [0.2, 0.25) is 0 Å². The van der Waals surface area contributed by atoms with Gasteiger partial charge in [0.15, 0.2) is 0 Å². The van der Waals surface area contributed by atoms with E-state index in [4.69, 9.17) is 4.74 Å². The number of esters is 1. The molecule has 0 bridgehead atoms. The normalized spacial score (nSPS) is 35.3. The minimum Gasteiger partial charge on any atom is -0.455 e. The van der Waals surface area contributed by atoms with Gasteiger partial charge in [0.25, 0.3) is 0 Å². The molecule has 0 aliphatic heterocycles. The van der Waals surface area contributed by atoms with Gasteiger partial charge >= 0.3 is 5.97 Å². The SMILES string of the molecule is C/C=C/C=C/C=C/C(=O)OC1C=C(CO)C(O)(CO)C2(C)CCCC(C)(C)C12. The molecule has 156 valence electrons. The third kappa shape index (κ3) is 4.02. The number of aliphatic hydroxyl groups excluding tert-OH is 2. The molecule has 2 rings (SSSR count). The highest BCUT2D eigenvalue weighted by Gasteiger charge is 2.63. The van der Waals surface area contributed by atoms with Crippen LogP contribution in [0.3, 0.4) is 0 Å². The number of hydrogen-bond donors (Lipinski definition) is 3. The maximum Gasteiger partial charge on any atom is 0.331 e. The van der Waals surface area contributed by atoms with Crippen molar-refractivity contribution in [2.24, 2.45) is 16.7 Å². The predicted molar refractivity (Wildman–Crippen MR) is 109 cm³/mol. The van der Waals surface area contributed by atoms with Crippen LogP contribution >= 0.6 is 0 Å². The summed E-state index contributed by atoms with van der Waals surface area (Å²) >= 11 is 0. The Hall–Kier alpha value is -1.69. The van der Waals surface area contributed by atoms with Gasteiger partial charge in [0, 0.05) is 17.4 Å². The maximum atomic E-state index is 12.4. The van der Waals surface area contributed by atoms with Crippen LogP contribution in [0.25, 0.3) is 0 Å². The van der Waals surface area contributed by atoms with Crippen molar-refractivity contribution in [1.29, 1.82) is 0 Å². The van der Waals surface area contributed by atoms with E-state index in [1.807, 2.05) is 32.1 Å². The van der Waals surface area contributed by atoms with Crippen LogP contribution in [-0.2, 0) is 9.53 Å². The molecule has 2 aliphatic rings. The monoisotopic (exact) mass is 390 g/mol. The Kier molecular flexibility index (Phi) is 7.07. The molecule has 28 heavy (non-hydrogen) atoms. The molecule has 3 N–H and O–H groups in total. The van der Waals surface area contributed by atoms with E-state index in [1.165, 1.54) is 6.08 Å². The lowest BCUT2D eigenvalue weighted by Gasteiger charge is -2.61. The number of allylic oxidation sites excluding steroid dienone is 5. The van der Waals surface area contributed by atoms with Crippen LogP contribution in [0.1, 0.15) is 47.0 Å². The smallest absolute Gasteiger partial charge is 0.331 e. The van der Waals surface area contributed by atoms with Gasteiger partial charge < -0.3 is 20.1 Å². The molecule has 0 spiro atoms. The molecule has 4 unspecified atom stereocenters. The van der Waals surface area contributed by atoms with Gasteiger partial charge in [-0.05, 0) is 36.8 Å². The summed E-state index contributed by atoms with van der Waals surface area (Å²) in [5.41, 5.74) is -2.12. The third-order valence-corrected chi connectivity index (χ3v) is 6.63. The highest BCUT2D eigenvalue weighted by molar-refractivity contribution is 5.82. The van der Waals surface area contributed by atoms with Crippen molar-refractivity contribution in [1.82, 2.24) is 0 Å². The molecule has 4 atom stereocenters. The van der Waals surface area contributed by atoms with E-state index in [1.54, 1.807) is 18.2 Å². The Morgan fingerprint density at radius 2 is 1.86 bits per heavy atom. The lowest BCUT2D eigenvalue weighted by atomic mass is 9.46. The van der Waals surface area contributed by atoms with E-state index in [9.17, 15) is 20.1 Å². The highest BCUT2D eigenvalue weighted by Crippen LogP contribution is 2.61. The van der Waals surface area contributed by atoms with Gasteiger partial charge in [-0.1, -0.05) is 57.6 Å². The van der Waals surface area contributed by atoms with Crippen molar-refractivity contribution >= 4 is 5.97 Å². The number of ether oxygens (including phenoxy) is 1. The second kappa shape index (κ2) is 8.76. The third-order valence-electron chi connectivity index (χ3n) is 6.63. The van der Waals surface area contributed by atoms with E-state index < -0.39 is 36.3 Å². The van der Waals surface area contributed by atoms with E-state index in [2.05, 4.69) is 13.8 Å². The maximum absolute atomic E-state index is 12.4. The van der Waals surface area contributed by atoms with Crippen LogP contribution < -0.4 is 0 Å². The fourth-order valence-electron chi connectivity index (χ4n) is 5.27. The Morgan fingerprint density at radius 3 is 2.46 bits per heavy atom. The topological polar surface area (TPSA) is 87.0 Å². The average Bonchev–Trinajstić information content (AvgIpc) is 2.63. The summed E-state index contributed by atoms with van der Waals surface area (Å²) in [5, 5.41) is 31.3. The number of carbonyl (C=O) groups excluding carboxylic acids is 1. The molecule has 0 heterocycles. The molecule has 0 saturated heterocycles. The van der Waals surface area contributed by atoms with Crippen molar-refractivity contribution in [3.63, 3.8) is 0 Å². The van der Waals surface area contributed by atoms with Crippen molar-refractivity contribution < 1.29 is 24.9 Å². The Labute approximate surface area is 168 Å². The van der Waals surface area contributed by atoms with Gasteiger partial charge in [0.1, 0.15) is 11.7 Å². The average molecular weight is 391 g/mol. The van der Waals surface area contributed by atoms with Gasteiger partial charge in [-0.3, -0.25) is 0 Å². The van der Waals surface area contributed by atoms with E-state index in [-0.39, 0.29) is 11.3 Å². The summed E-state index contributed by atoms with van der Waals surface area (Å²) in [6.07, 6.45) is 13.9. The second-order valence-electron chi connectivity index (χ2n) is 8.78. The van der Waals surface area contributed by atoms with E-state index >= 15 is 0 Å². The molecule has 5 nitrogen and oxygen atoms in total. The van der Waals surface area contributed by atoms with Crippen LogP contribution in [0.15, 0.2) is 48.1 Å². The minimum absolute atomic E-state index is 0.183. The van der Waals surface area contributed by atoms with Crippen molar-refractivity contribution in [3.8, 4) is 0 Å². The zero-order valence-corrected chi connectivity index (χ0v) is 17.4. The summed E-state index contributed by atoms with van der Waals surface area (Å²) in [6, 6.07) is 0. The fourth-order valence-corrected chi connectivity index (χ4v) is 5.27. The quantitative estimate of drug-likeness (QED) is 0.281. The minimum atomic E-state index is -1.53. The Balaban J connectivity index is 2.39. The Bertz CT molecular complexity index is 687. The predicted octanol–water partition coefficient (Wildman–Crippen LogP) is 3.08. The summed E-state index contributed by atoms with van der Waals surface area (Å²) in [7, 11) is 0. The molecular formula is C23H34O5. The van der Waals surface area contributed by atoms with Crippen molar-refractivity contribution in [2.75, 3.05) is 13.2 Å². The first-order chi connectivity index (χ1) is 13.2. The molecule has 5 heteroatoms. The number of fused-ring (bicyclic) bond motifs is 1. The first-order valence-electron chi connectivity index (χ1n) is 9.98.